The van der Waals surface area contributed by atoms with Gasteiger partial charge in [-0.2, -0.15) is 0 Å². The predicted octanol–water partition coefficient (Wildman–Crippen LogP) is 12.1. The molecule has 1 nitrogen and oxygen atoms in total. The molecule has 0 heterocycles. The Morgan fingerprint density at radius 2 is 0.757 bits per heavy atom. The Balaban J connectivity index is -0.00000385. The molecule has 0 saturated heterocycles. The van der Waals surface area contributed by atoms with Gasteiger partial charge < -0.3 is 5.11 Å². The minimum atomic E-state index is 0. The Kier molecular flexibility index (Phi) is 34.8. The second kappa shape index (κ2) is 30.8. The Hall–Kier alpha value is 0.288. The van der Waals surface area contributed by atoms with E-state index in [1.54, 1.807) is 0 Å². The van der Waals surface area contributed by atoms with Crippen molar-refractivity contribution in [2.24, 2.45) is 0 Å². The van der Waals surface area contributed by atoms with E-state index in [9.17, 15) is 5.11 Å². The summed E-state index contributed by atoms with van der Waals surface area (Å²) >= 11 is 0. The number of hydrogen-bond acceptors (Lipinski definition) is 1. The average molecular weight is 642 g/mol. The van der Waals surface area contributed by atoms with Crippen LogP contribution in [0.15, 0.2) is 12.1 Å². The van der Waals surface area contributed by atoms with Gasteiger partial charge in [-0.1, -0.05) is 142 Å². The van der Waals surface area contributed by atoms with Gasteiger partial charge in [0.2, 0.25) is 0 Å². The number of rotatable bonds is 24. The van der Waals surface area contributed by atoms with E-state index >= 15 is 0 Å². The summed E-state index contributed by atoms with van der Waals surface area (Å²) in [6.45, 7) is 6.87. The molecule has 0 bridgehead atoms. The number of phenols is 1. The maximum atomic E-state index is 10.8. The van der Waals surface area contributed by atoms with E-state index in [-0.39, 0.29) is 45.9 Å². The molecule has 0 atom stereocenters. The molecular formula is C33H62Cl2MoO. The van der Waals surface area contributed by atoms with Crippen molar-refractivity contribution in [1.82, 2.24) is 0 Å². The summed E-state index contributed by atoms with van der Waals surface area (Å²) < 4.78 is 0. The Morgan fingerprint density at radius 1 is 0.432 bits per heavy atom. The van der Waals surface area contributed by atoms with Crippen LogP contribution in [0, 0.1) is 0 Å². The number of halogens is 2. The normalized spacial score (nSPS) is 10.5. The molecule has 0 fully saturated rings. The first kappa shape index (κ1) is 41.8. The summed E-state index contributed by atoms with van der Waals surface area (Å²) in [5, 5.41) is 10.8. The van der Waals surface area contributed by atoms with Crippen LogP contribution >= 0.6 is 24.8 Å². The van der Waals surface area contributed by atoms with Crippen molar-refractivity contribution in [2.75, 3.05) is 0 Å². The molecule has 0 aromatic heterocycles. The van der Waals surface area contributed by atoms with Crippen LogP contribution < -0.4 is 0 Å². The standard InChI is InChI=1S/C33H60O.2ClH.Mo/c1-4-7-10-13-16-19-22-25-30-28-29-33(34)32(27-24-21-18-15-12-9-6-3)31(30)26-23-20-17-14-11-8-5-2;;;/h28-29,34H,4-27H2,1-3H3;2*1H;. The zero-order valence-corrected chi connectivity index (χ0v) is 28.4. The van der Waals surface area contributed by atoms with Gasteiger partial charge in [0.25, 0.3) is 0 Å². The second-order valence-corrected chi connectivity index (χ2v) is 10.8. The summed E-state index contributed by atoms with van der Waals surface area (Å²) in [5.74, 6) is 0.562. The van der Waals surface area contributed by atoms with Crippen LogP contribution in [0.5, 0.6) is 5.75 Å². The van der Waals surface area contributed by atoms with Gasteiger partial charge in [-0.15, -0.1) is 24.8 Å². The zero-order chi connectivity index (χ0) is 24.7. The molecular weight excluding hydrogens is 579 g/mol. The van der Waals surface area contributed by atoms with Gasteiger partial charge in [0.1, 0.15) is 5.75 Å². The first-order valence-electron chi connectivity index (χ1n) is 15.6. The third-order valence-corrected chi connectivity index (χ3v) is 7.61. The van der Waals surface area contributed by atoms with Gasteiger partial charge in [0.15, 0.2) is 0 Å². The molecule has 0 radical (unpaired) electrons. The van der Waals surface area contributed by atoms with Crippen LogP contribution in [0.4, 0.5) is 0 Å². The summed E-state index contributed by atoms with van der Waals surface area (Å²) in [7, 11) is 0. The van der Waals surface area contributed by atoms with Gasteiger partial charge in [0, 0.05) is 21.1 Å². The number of benzene rings is 1. The largest absolute Gasteiger partial charge is 0.508 e. The molecule has 37 heavy (non-hydrogen) atoms. The van der Waals surface area contributed by atoms with Crippen LogP contribution in [-0.2, 0) is 40.3 Å². The quantitative estimate of drug-likeness (QED) is 0.0880. The van der Waals surface area contributed by atoms with Crippen molar-refractivity contribution < 1.29 is 26.2 Å². The monoisotopic (exact) mass is 642 g/mol. The molecule has 0 aliphatic carbocycles. The number of aromatic hydroxyl groups is 1. The Labute approximate surface area is 259 Å². The third-order valence-electron chi connectivity index (χ3n) is 7.61. The van der Waals surface area contributed by atoms with Crippen LogP contribution in [0.2, 0.25) is 0 Å². The van der Waals surface area contributed by atoms with Crippen molar-refractivity contribution in [2.45, 2.75) is 175 Å². The van der Waals surface area contributed by atoms with Crippen molar-refractivity contribution in [3.8, 4) is 5.75 Å². The predicted molar refractivity (Wildman–Crippen MR) is 168 cm³/mol. The summed E-state index contributed by atoms with van der Waals surface area (Å²) in [6, 6.07) is 4.25. The second-order valence-electron chi connectivity index (χ2n) is 10.8. The third kappa shape index (κ3) is 21.8. The molecule has 0 aliphatic rings. The van der Waals surface area contributed by atoms with E-state index in [1.807, 2.05) is 6.07 Å². The van der Waals surface area contributed by atoms with Gasteiger partial charge in [-0.05, 0) is 61.3 Å². The molecule has 0 aliphatic heterocycles. The average Bonchev–Trinajstić information content (AvgIpc) is 2.84. The Bertz CT molecular complexity index is 594. The number of hydrogen-bond donors (Lipinski definition) is 1. The molecule has 220 valence electrons. The maximum Gasteiger partial charge on any atom is 0.119 e. The summed E-state index contributed by atoms with van der Waals surface area (Å²) in [6.07, 6.45) is 31.9. The SMILES string of the molecule is CCCCCCCCCc1ccc(O)c(CCCCCCCCC)c1CCCCCCCCC.Cl.Cl.[Mo]. The fourth-order valence-corrected chi connectivity index (χ4v) is 5.34. The van der Waals surface area contributed by atoms with Gasteiger partial charge in [0.05, 0.1) is 0 Å². The van der Waals surface area contributed by atoms with Crippen LogP contribution in [-0.4, -0.2) is 5.11 Å². The maximum absolute atomic E-state index is 10.8. The molecule has 0 unspecified atom stereocenters. The van der Waals surface area contributed by atoms with Crippen LogP contribution in [0.25, 0.3) is 0 Å². The van der Waals surface area contributed by atoms with Gasteiger partial charge >= 0.3 is 0 Å². The zero-order valence-electron chi connectivity index (χ0n) is 24.8. The fourth-order valence-electron chi connectivity index (χ4n) is 5.34. The molecule has 1 rings (SSSR count). The van der Waals surface area contributed by atoms with Crippen LogP contribution in [0.3, 0.4) is 0 Å². The van der Waals surface area contributed by atoms with E-state index in [0.717, 1.165) is 6.42 Å². The molecule has 4 heteroatoms. The Morgan fingerprint density at radius 3 is 1.16 bits per heavy atom. The van der Waals surface area contributed by atoms with Crippen molar-refractivity contribution >= 4 is 24.8 Å². The topological polar surface area (TPSA) is 20.2 Å². The number of unbranched alkanes of at least 4 members (excludes halogenated alkanes) is 18. The van der Waals surface area contributed by atoms with Crippen LogP contribution in [0.1, 0.15) is 172 Å². The minimum Gasteiger partial charge on any atom is -0.508 e. The van der Waals surface area contributed by atoms with E-state index in [1.165, 1.54) is 164 Å². The van der Waals surface area contributed by atoms with Gasteiger partial charge in [-0.3, -0.25) is 0 Å². The molecule has 0 amide bonds. The van der Waals surface area contributed by atoms with Crippen molar-refractivity contribution in [3.05, 3.63) is 28.8 Å². The molecule has 0 spiro atoms. The van der Waals surface area contributed by atoms with E-state index in [2.05, 4.69) is 26.8 Å². The van der Waals surface area contributed by atoms with Crippen molar-refractivity contribution in [1.29, 1.82) is 0 Å². The van der Waals surface area contributed by atoms with E-state index in [0.29, 0.717) is 5.75 Å². The van der Waals surface area contributed by atoms with Crippen molar-refractivity contribution in [3.63, 3.8) is 0 Å². The van der Waals surface area contributed by atoms with E-state index in [4.69, 9.17) is 0 Å². The first-order chi connectivity index (χ1) is 16.7. The fraction of sp³-hybridized carbons (Fsp3) is 0.818. The number of phenolic OH excluding ortho intramolecular Hbond substituents is 1. The molecule has 1 N–H and O–H groups in total. The molecule has 0 saturated carbocycles. The smallest absolute Gasteiger partial charge is 0.119 e. The van der Waals surface area contributed by atoms with Gasteiger partial charge in [-0.25, -0.2) is 0 Å². The number of aryl methyl sites for hydroxylation is 1. The summed E-state index contributed by atoms with van der Waals surface area (Å²) in [4.78, 5) is 0. The minimum absolute atomic E-state index is 0. The first-order valence-corrected chi connectivity index (χ1v) is 15.6. The van der Waals surface area contributed by atoms with E-state index < -0.39 is 0 Å². The molecule has 1 aromatic rings. The summed E-state index contributed by atoms with van der Waals surface area (Å²) in [5.41, 5.74) is 4.35. The molecule has 1 aromatic carbocycles.